The van der Waals surface area contributed by atoms with E-state index in [9.17, 15) is 4.79 Å². The van der Waals surface area contributed by atoms with Crippen molar-refractivity contribution in [2.75, 3.05) is 0 Å². The molecule has 3 rings (SSSR count). The number of aryl methyl sites for hydroxylation is 1. The normalized spacial score (nSPS) is 12.5. The van der Waals surface area contributed by atoms with E-state index in [4.69, 9.17) is 0 Å². The molecule has 0 aliphatic heterocycles. The number of aromatic amines is 1. The predicted molar refractivity (Wildman–Crippen MR) is 79.0 cm³/mol. The first kappa shape index (κ1) is 13.4. The maximum absolute atomic E-state index is 12.3. The number of fused-ring (bicyclic) bond motifs is 1. The number of nitrogens with zero attached hydrogens (tertiary/aromatic N) is 3. The zero-order valence-corrected chi connectivity index (χ0v) is 12.0. The van der Waals surface area contributed by atoms with Gasteiger partial charge in [-0.3, -0.25) is 4.79 Å². The Morgan fingerprint density at radius 3 is 3.00 bits per heavy atom. The number of nitrogens with one attached hydrogen (secondary N) is 2. The van der Waals surface area contributed by atoms with Gasteiger partial charge in [0.25, 0.3) is 5.91 Å². The third-order valence-corrected chi connectivity index (χ3v) is 3.36. The highest BCUT2D eigenvalue weighted by Gasteiger charge is 2.18. The van der Waals surface area contributed by atoms with Crippen LogP contribution in [0.5, 0.6) is 0 Å². The number of hydrogen-bond acceptors (Lipinski definition) is 3. The van der Waals surface area contributed by atoms with Crippen molar-refractivity contribution in [2.45, 2.75) is 26.3 Å². The van der Waals surface area contributed by atoms with Gasteiger partial charge in [0, 0.05) is 24.3 Å². The molecule has 0 aromatic carbocycles. The van der Waals surface area contributed by atoms with E-state index >= 15 is 0 Å². The minimum absolute atomic E-state index is 0.143. The van der Waals surface area contributed by atoms with Gasteiger partial charge in [0.15, 0.2) is 0 Å². The van der Waals surface area contributed by atoms with Crippen LogP contribution in [0.4, 0.5) is 0 Å². The van der Waals surface area contributed by atoms with Gasteiger partial charge in [-0.15, -0.1) is 0 Å². The maximum Gasteiger partial charge on any atom is 0.272 e. The summed E-state index contributed by atoms with van der Waals surface area (Å²) < 4.78 is 1.83. The van der Waals surface area contributed by atoms with Crippen LogP contribution in [0.3, 0.4) is 0 Å². The zero-order chi connectivity index (χ0) is 14.8. The first-order valence-corrected chi connectivity index (χ1v) is 6.93. The van der Waals surface area contributed by atoms with Crippen molar-refractivity contribution in [3.63, 3.8) is 0 Å². The van der Waals surface area contributed by atoms with Crippen LogP contribution in [0.2, 0.25) is 0 Å². The summed E-state index contributed by atoms with van der Waals surface area (Å²) in [6.07, 6.45) is 6.11. The average Bonchev–Trinajstić information content (AvgIpc) is 3.10. The third kappa shape index (κ3) is 2.65. The van der Waals surface area contributed by atoms with Crippen molar-refractivity contribution in [1.82, 2.24) is 24.7 Å². The second kappa shape index (κ2) is 5.40. The summed E-state index contributed by atoms with van der Waals surface area (Å²) in [5, 5.41) is 2.97. The van der Waals surface area contributed by atoms with Crippen molar-refractivity contribution in [3.05, 3.63) is 54.0 Å². The molecule has 2 N–H and O–H groups in total. The Labute approximate surface area is 122 Å². The van der Waals surface area contributed by atoms with E-state index in [-0.39, 0.29) is 11.9 Å². The molecule has 0 saturated carbocycles. The fourth-order valence-corrected chi connectivity index (χ4v) is 2.25. The van der Waals surface area contributed by atoms with Gasteiger partial charge in [-0.1, -0.05) is 13.0 Å². The van der Waals surface area contributed by atoms with E-state index in [1.54, 1.807) is 12.4 Å². The lowest BCUT2D eigenvalue weighted by atomic mass is 10.2. The van der Waals surface area contributed by atoms with Gasteiger partial charge >= 0.3 is 0 Å². The Morgan fingerprint density at radius 2 is 2.33 bits per heavy atom. The maximum atomic E-state index is 12.3. The van der Waals surface area contributed by atoms with E-state index in [0.29, 0.717) is 5.69 Å². The molecular weight excluding hydrogens is 266 g/mol. The van der Waals surface area contributed by atoms with Gasteiger partial charge in [0.1, 0.15) is 17.2 Å². The topological polar surface area (TPSA) is 75.1 Å². The standard InChI is InChI=1S/C15H17N5O/c1-3-11(14-16-8-10(2)17-14)19-15(21)12-9-20-7-5-4-6-13(20)18-12/h4-9,11H,3H2,1-2H3,(H,16,17)(H,19,21). The van der Waals surface area contributed by atoms with Crippen LogP contribution >= 0.6 is 0 Å². The van der Waals surface area contributed by atoms with Crippen LogP contribution in [-0.4, -0.2) is 25.3 Å². The summed E-state index contributed by atoms with van der Waals surface area (Å²) in [5.74, 6) is 0.576. The average molecular weight is 283 g/mol. The molecule has 3 aromatic rings. The van der Waals surface area contributed by atoms with Gasteiger partial charge in [0.05, 0.1) is 6.04 Å². The quantitative estimate of drug-likeness (QED) is 0.771. The third-order valence-electron chi connectivity index (χ3n) is 3.36. The van der Waals surface area contributed by atoms with Crippen LogP contribution in [-0.2, 0) is 0 Å². The van der Waals surface area contributed by atoms with Crippen molar-refractivity contribution in [3.8, 4) is 0 Å². The first-order chi connectivity index (χ1) is 10.2. The molecule has 0 fully saturated rings. The van der Waals surface area contributed by atoms with Crippen LogP contribution in [0, 0.1) is 6.92 Å². The molecule has 0 aliphatic carbocycles. The molecule has 0 saturated heterocycles. The van der Waals surface area contributed by atoms with E-state index in [0.717, 1.165) is 23.6 Å². The molecule has 0 bridgehead atoms. The molecule has 3 aromatic heterocycles. The Kier molecular flexibility index (Phi) is 3.43. The number of amides is 1. The lowest BCUT2D eigenvalue weighted by molar-refractivity contribution is 0.0929. The van der Waals surface area contributed by atoms with Gasteiger partial charge in [0.2, 0.25) is 0 Å². The van der Waals surface area contributed by atoms with E-state index in [1.165, 1.54) is 0 Å². The number of hydrogen-bond donors (Lipinski definition) is 2. The lowest BCUT2D eigenvalue weighted by Gasteiger charge is -2.13. The number of rotatable bonds is 4. The lowest BCUT2D eigenvalue weighted by Crippen LogP contribution is -2.29. The minimum Gasteiger partial charge on any atom is -0.344 e. The van der Waals surface area contributed by atoms with E-state index in [1.807, 2.05) is 42.6 Å². The van der Waals surface area contributed by atoms with Crippen LogP contribution in [0.1, 0.15) is 41.4 Å². The second-order valence-electron chi connectivity index (χ2n) is 4.98. The van der Waals surface area contributed by atoms with Gasteiger partial charge in [-0.2, -0.15) is 0 Å². The predicted octanol–water partition coefficient (Wildman–Crippen LogP) is 2.25. The van der Waals surface area contributed by atoms with E-state index in [2.05, 4.69) is 20.3 Å². The van der Waals surface area contributed by atoms with Crippen molar-refractivity contribution < 1.29 is 4.79 Å². The highest BCUT2D eigenvalue weighted by molar-refractivity contribution is 5.93. The summed E-state index contributed by atoms with van der Waals surface area (Å²) in [5.41, 5.74) is 2.14. The second-order valence-corrected chi connectivity index (χ2v) is 4.98. The molecule has 1 atom stereocenters. The Balaban J connectivity index is 1.81. The largest absolute Gasteiger partial charge is 0.344 e. The summed E-state index contributed by atoms with van der Waals surface area (Å²) >= 11 is 0. The molecule has 0 spiro atoms. The number of carbonyl (C=O) groups is 1. The summed E-state index contributed by atoms with van der Waals surface area (Å²) in [6.45, 7) is 3.94. The number of carbonyl (C=O) groups excluding carboxylic acids is 1. The highest BCUT2D eigenvalue weighted by atomic mass is 16.2. The minimum atomic E-state index is -0.195. The molecule has 1 amide bonds. The molecule has 0 aliphatic rings. The van der Waals surface area contributed by atoms with Gasteiger partial charge in [-0.25, -0.2) is 9.97 Å². The fraction of sp³-hybridized carbons (Fsp3) is 0.267. The molecular formula is C15H17N5O. The van der Waals surface area contributed by atoms with Crippen molar-refractivity contribution in [1.29, 1.82) is 0 Å². The summed E-state index contributed by atoms with van der Waals surface area (Å²) in [4.78, 5) is 24.1. The first-order valence-electron chi connectivity index (χ1n) is 6.93. The number of imidazole rings is 2. The molecule has 6 heteroatoms. The molecule has 6 nitrogen and oxygen atoms in total. The van der Waals surface area contributed by atoms with Crippen LogP contribution in [0.25, 0.3) is 5.65 Å². The van der Waals surface area contributed by atoms with Crippen LogP contribution in [0.15, 0.2) is 36.8 Å². The molecule has 108 valence electrons. The van der Waals surface area contributed by atoms with Crippen molar-refractivity contribution >= 4 is 11.6 Å². The van der Waals surface area contributed by atoms with Gasteiger partial charge < -0.3 is 14.7 Å². The summed E-state index contributed by atoms with van der Waals surface area (Å²) in [6, 6.07) is 5.52. The molecule has 3 heterocycles. The zero-order valence-electron chi connectivity index (χ0n) is 12.0. The number of H-pyrrole nitrogens is 1. The SMILES string of the molecule is CCC(NC(=O)c1cn2ccccc2n1)c1ncc(C)[nH]1. The van der Waals surface area contributed by atoms with E-state index < -0.39 is 0 Å². The smallest absolute Gasteiger partial charge is 0.272 e. The number of aromatic nitrogens is 4. The van der Waals surface area contributed by atoms with Gasteiger partial charge in [-0.05, 0) is 25.5 Å². The van der Waals surface area contributed by atoms with Crippen LogP contribution < -0.4 is 5.32 Å². The highest BCUT2D eigenvalue weighted by Crippen LogP contribution is 2.14. The molecule has 1 unspecified atom stereocenters. The monoisotopic (exact) mass is 283 g/mol. The molecule has 0 radical (unpaired) electrons. The van der Waals surface area contributed by atoms with Crippen molar-refractivity contribution in [2.24, 2.45) is 0 Å². The molecule has 21 heavy (non-hydrogen) atoms. The Hall–Kier alpha value is -2.63. The fourth-order valence-electron chi connectivity index (χ4n) is 2.25. The Bertz CT molecular complexity index is 740. The Morgan fingerprint density at radius 1 is 1.48 bits per heavy atom. The summed E-state index contributed by atoms with van der Waals surface area (Å²) in [7, 11) is 0. The number of pyridine rings is 1.